The molecule has 0 bridgehead atoms. The van der Waals surface area contributed by atoms with Crippen LogP contribution in [0.4, 0.5) is 10.6 Å². The first-order valence-electron chi connectivity index (χ1n) is 12.2. The SMILES string of the molecule is CN(C(=O)OC(C)(C)C)[C@@H](CCC1CC1)C(=O)O[C@H](Cc1ccc(N2CCOCC2)nc1)C(=O)O. The first-order valence-corrected chi connectivity index (χ1v) is 12.2. The lowest BCUT2D eigenvalue weighted by molar-refractivity contribution is -0.167. The van der Waals surface area contributed by atoms with Crippen molar-refractivity contribution in [3.8, 4) is 0 Å². The third-order valence-electron chi connectivity index (χ3n) is 6.07. The zero-order valence-electron chi connectivity index (χ0n) is 21.1. The Morgan fingerprint density at radius 3 is 2.46 bits per heavy atom. The number of rotatable bonds is 10. The van der Waals surface area contributed by atoms with Crippen molar-refractivity contribution in [1.29, 1.82) is 0 Å². The van der Waals surface area contributed by atoms with Crippen LogP contribution in [0.15, 0.2) is 18.3 Å². The normalized spacial score (nSPS) is 17.9. The molecule has 1 N–H and O–H groups in total. The van der Waals surface area contributed by atoms with Gasteiger partial charge in [0.15, 0.2) is 0 Å². The predicted molar refractivity (Wildman–Crippen MR) is 128 cm³/mol. The van der Waals surface area contributed by atoms with Gasteiger partial charge in [-0.2, -0.15) is 0 Å². The molecule has 2 heterocycles. The Kier molecular flexibility index (Phi) is 8.93. The van der Waals surface area contributed by atoms with E-state index in [1.165, 1.54) is 11.9 Å². The standard InChI is InChI=1S/C25H37N3O7/c1-25(2,3)35-24(32)27(4)19(9-7-17-5-6-17)23(31)34-20(22(29)30)15-18-8-10-21(26-16-18)28-11-13-33-14-12-28/h8,10,16-17,19-20H,5-7,9,11-15H2,1-4H3,(H,29,30)/t19-,20+/m0/s1. The number of carbonyl (C=O) groups excluding carboxylic acids is 2. The van der Waals surface area contributed by atoms with Crippen LogP contribution in [0.2, 0.25) is 0 Å². The van der Waals surface area contributed by atoms with Gasteiger partial charge in [0, 0.05) is 32.8 Å². The number of esters is 1. The Labute approximate surface area is 206 Å². The van der Waals surface area contributed by atoms with E-state index in [-0.39, 0.29) is 6.42 Å². The number of aliphatic carboxylic acids is 1. The number of ether oxygens (including phenoxy) is 3. The minimum atomic E-state index is -1.39. The summed E-state index contributed by atoms with van der Waals surface area (Å²) in [7, 11) is 1.48. The highest BCUT2D eigenvalue weighted by atomic mass is 16.6. The van der Waals surface area contributed by atoms with Gasteiger partial charge < -0.3 is 24.2 Å². The highest BCUT2D eigenvalue weighted by Crippen LogP contribution is 2.34. The van der Waals surface area contributed by atoms with E-state index < -0.39 is 35.8 Å². The molecule has 2 aliphatic rings. The summed E-state index contributed by atoms with van der Waals surface area (Å²) in [6.07, 6.45) is 2.89. The second kappa shape index (κ2) is 11.7. The van der Waals surface area contributed by atoms with Crippen molar-refractivity contribution in [2.75, 3.05) is 38.3 Å². The van der Waals surface area contributed by atoms with Crippen molar-refractivity contribution >= 4 is 23.8 Å². The van der Waals surface area contributed by atoms with Gasteiger partial charge in [-0.15, -0.1) is 0 Å². The molecule has 0 radical (unpaired) electrons. The first-order chi connectivity index (χ1) is 16.5. The van der Waals surface area contributed by atoms with Crippen molar-refractivity contribution in [2.45, 2.75) is 70.6 Å². The van der Waals surface area contributed by atoms with Crippen LogP contribution in [0.5, 0.6) is 0 Å². The number of nitrogens with zero attached hydrogens (tertiary/aromatic N) is 3. The average Bonchev–Trinajstić information content (AvgIpc) is 3.63. The van der Waals surface area contributed by atoms with E-state index >= 15 is 0 Å². The Bertz CT molecular complexity index is 874. The molecule has 10 nitrogen and oxygen atoms in total. The molecule has 3 rings (SSSR count). The number of aromatic nitrogens is 1. The average molecular weight is 492 g/mol. The zero-order valence-corrected chi connectivity index (χ0v) is 21.1. The molecule has 1 aliphatic carbocycles. The van der Waals surface area contributed by atoms with Crippen LogP contribution < -0.4 is 4.90 Å². The molecule has 1 aliphatic heterocycles. The van der Waals surface area contributed by atoms with Crippen molar-refractivity contribution in [2.24, 2.45) is 5.92 Å². The quantitative estimate of drug-likeness (QED) is 0.493. The van der Waals surface area contributed by atoms with E-state index in [1.807, 2.05) is 6.07 Å². The lowest BCUT2D eigenvalue weighted by Crippen LogP contribution is -2.47. The van der Waals surface area contributed by atoms with E-state index in [9.17, 15) is 19.5 Å². The molecule has 2 fully saturated rings. The third kappa shape index (κ3) is 8.38. The number of hydrogen-bond donors (Lipinski definition) is 1. The smallest absolute Gasteiger partial charge is 0.410 e. The molecular formula is C25H37N3O7. The van der Waals surface area contributed by atoms with Gasteiger partial charge in [0.25, 0.3) is 0 Å². The van der Waals surface area contributed by atoms with Crippen molar-refractivity contribution < 1.29 is 33.7 Å². The maximum Gasteiger partial charge on any atom is 0.410 e. The summed E-state index contributed by atoms with van der Waals surface area (Å²) in [4.78, 5) is 45.4. The Balaban J connectivity index is 1.65. The van der Waals surface area contributed by atoms with Crippen LogP contribution in [-0.4, -0.2) is 84.1 Å². The second-order valence-corrected chi connectivity index (χ2v) is 10.2. The molecule has 0 spiro atoms. The van der Waals surface area contributed by atoms with Gasteiger partial charge in [0.1, 0.15) is 17.5 Å². The molecule has 194 valence electrons. The van der Waals surface area contributed by atoms with Gasteiger partial charge >= 0.3 is 18.0 Å². The molecule has 0 aromatic carbocycles. The first kappa shape index (κ1) is 26.7. The van der Waals surface area contributed by atoms with E-state index in [0.29, 0.717) is 31.1 Å². The molecule has 1 aromatic heterocycles. The molecule has 1 saturated carbocycles. The van der Waals surface area contributed by atoms with Crippen molar-refractivity contribution in [3.63, 3.8) is 0 Å². The number of amides is 1. The number of carbonyl (C=O) groups is 3. The van der Waals surface area contributed by atoms with Gasteiger partial charge in [-0.1, -0.05) is 18.9 Å². The maximum absolute atomic E-state index is 13.1. The Morgan fingerprint density at radius 2 is 1.91 bits per heavy atom. The van der Waals surface area contributed by atoms with E-state index in [1.54, 1.807) is 33.0 Å². The number of hydrogen-bond acceptors (Lipinski definition) is 8. The molecule has 35 heavy (non-hydrogen) atoms. The van der Waals surface area contributed by atoms with Gasteiger partial charge in [-0.25, -0.2) is 19.4 Å². The van der Waals surface area contributed by atoms with Gasteiger partial charge in [-0.3, -0.25) is 4.90 Å². The monoisotopic (exact) mass is 491 g/mol. The largest absolute Gasteiger partial charge is 0.478 e. The molecular weight excluding hydrogens is 454 g/mol. The number of likely N-dealkylation sites (N-methyl/N-ethyl adjacent to an activating group) is 1. The van der Waals surface area contributed by atoms with Crippen molar-refractivity contribution in [3.05, 3.63) is 23.9 Å². The fourth-order valence-corrected chi connectivity index (χ4v) is 3.86. The lowest BCUT2D eigenvalue weighted by Gasteiger charge is -2.30. The molecule has 10 heteroatoms. The summed E-state index contributed by atoms with van der Waals surface area (Å²) < 4.78 is 16.2. The van der Waals surface area contributed by atoms with E-state index in [4.69, 9.17) is 14.2 Å². The highest BCUT2D eigenvalue weighted by Gasteiger charge is 2.35. The Morgan fingerprint density at radius 1 is 1.23 bits per heavy atom. The molecule has 1 saturated heterocycles. The van der Waals surface area contributed by atoms with Crippen LogP contribution in [0.3, 0.4) is 0 Å². The van der Waals surface area contributed by atoms with E-state index in [0.717, 1.165) is 38.2 Å². The van der Waals surface area contributed by atoms with Crippen molar-refractivity contribution in [1.82, 2.24) is 9.88 Å². The number of anilines is 1. The minimum Gasteiger partial charge on any atom is -0.478 e. The van der Waals surface area contributed by atoms with Crippen LogP contribution in [0.25, 0.3) is 0 Å². The molecule has 1 amide bonds. The third-order valence-corrected chi connectivity index (χ3v) is 6.07. The fourth-order valence-electron chi connectivity index (χ4n) is 3.86. The molecule has 2 atom stereocenters. The van der Waals surface area contributed by atoms with Crippen LogP contribution >= 0.6 is 0 Å². The van der Waals surface area contributed by atoms with Crippen LogP contribution in [0.1, 0.15) is 52.0 Å². The predicted octanol–water partition coefficient (Wildman–Crippen LogP) is 2.88. The summed E-state index contributed by atoms with van der Waals surface area (Å²) in [5.74, 6) is -0.676. The Hall–Kier alpha value is -2.88. The lowest BCUT2D eigenvalue weighted by atomic mass is 10.1. The summed E-state index contributed by atoms with van der Waals surface area (Å²) in [5, 5.41) is 9.73. The fraction of sp³-hybridized carbons (Fsp3) is 0.680. The summed E-state index contributed by atoms with van der Waals surface area (Å²) >= 11 is 0. The summed E-state index contributed by atoms with van der Waals surface area (Å²) in [5.41, 5.74) is -0.0856. The van der Waals surface area contributed by atoms with Crippen LogP contribution in [0, 0.1) is 5.92 Å². The highest BCUT2D eigenvalue weighted by molar-refractivity contribution is 5.84. The zero-order chi connectivity index (χ0) is 25.6. The molecule has 1 aromatic rings. The number of pyridine rings is 1. The summed E-state index contributed by atoms with van der Waals surface area (Å²) in [6.45, 7) is 8.00. The van der Waals surface area contributed by atoms with Gasteiger partial charge in [-0.05, 0) is 51.2 Å². The number of carboxylic acid groups (broad SMARTS) is 1. The second-order valence-electron chi connectivity index (χ2n) is 10.2. The maximum atomic E-state index is 13.1. The minimum absolute atomic E-state index is 0.0248. The number of morpholine rings is 1. The van der Waals surface area contributed by atoms with Gasteiger partial charge in [0.05, 0.1) is 13.2 Å². The molecule has 0 unspecified atom stereocenters. The summed E-state index contributed by atoms with van der Waals surface area (Å²) in [6, 6.07) is 2.70. The van der Waals surface area contributed by atoms with Gasteiger partial charge in [0.2, 0.25) is 6.10 Å². The van der Waals surface area contributed by atoms with E-state index in [2.05, 4.69) is 9.88 Å². The topological polar surface area (TPSA) is 119 Å². The number of carboxylic acids is 1. The van der Waals surface area contributed by atoms with Crippen LogP contribution in [-0.2, 0) is 30.2 Å².